The summed E-state index contributed by atoms with van der Waals surface area (Å²) in [7, 11) is -3.34. The predicted octanol–water partition coefficient (Wildman–Crippen LogP) is 6.37. The summed E-state index contributed by atoms with van der Waals surface area (Å²) in [6.07, 6.45) is 2.46. The van der Waals surface area contributed by atoms with Crippen molar-refractivity contribution in [1.29, 1.82) is 0 Å². The van der Waals surface area contributed by atoms with Gasteiger partial charge >= 0.3 is 0 Å². The molecule has 0 aliphatic heterocycles. The lowest BCUT2D eigenvalue weighted by Crippen LogP contribution is -2.13. The topological polar surface area (TPSA) is 121 Å². The number of nitrogens with one attached hydrogen (secondary N) is 1. The van der Waals surface area contributed by atoms with Gasteiger partial charge in [-0.05, 0) is 69.3 Å². The number of nitrogens with zero attached hydrogens (tertiary/aromatic N) is 1. The highest BCUT2D eigenvalue weighted by Gasteiger charge is 2.15. The molecule has 39 heavy (non-hydrogen) atoms. The second-order valence-electron chi connectivity index (χ2n) is 8.83. The number of carbonyl (C=O) groups excluding carboxylic acids is 2. The maximum Gasteiger partial charge on any atom is 0.257 e. The van der Waals surface area contributed by atoms with E-state index in [1.54, 1.807) is 42.5 Å². The van der Waals surface area contributed by atoms with Gasteiger partial charge in [0.1, 0.15) is 23.0 Å². The lowest BCUT2D eigenvalue weighted by Gasteiger charge is -2.14. The first-order valence-corrected chi connectivity index (χ1v) is 14.5. The van der Waals surface area contributed by atoms with Crippen molar-refractivity contribution in [3.63, 3.8) is 0 Å². The molecule has 1 aromatic heterocycles. The van der Waals surface area contributed by atoms with Crippen molar-refractivity contribution in [2.45, 2.75) is 31.8 Å². The van der Waals surface area contributed by atoms with Gasteiger partial charge in [0.05, 0.1) is 17.2 Å². The molecular weight excluding hydrogens is 540 g/mol. The lowest BCUT2D eigenvalue weighted by atomic mass is 10.1. The van der Waals surface area contributed by atoms with E-state index >= 15 is 0 Å². The van der Waals surface area contributed by atoms with E-state index in [-0.39, 0.29) is 22.3 Å². The van der Waals surface area contributed by atoms with Crippen LogP contribution >= 0.6 is 11.3 Å². The molecule has 3 aromatic carbocycles. The fraction of sp³-hybridized carbons (Fsp3) is 0.179. The highest BCUT2D eigenvalue weighted by molar-refractivity contribution is 7.90. The number of anilines is 1. The third kappa shape index (κ3) is 7.65. The van der Waals surface area contributed by atoms with Gasteiger partial charge in [0.2, 0.25) is 5.06 Å². The number of carbonyl (C=O) groups is 2. The largest absolute Gasteiger partial charge is 0.491 e. The van der Waals surface area contributed by atoms with E-state index in [0.717, 1.165) is 17.6 Å². The average Bonchev–Trinajstić information content (AvgIpc) is 3.29. The molecule has 1 heterocycles. The molecule has 0 radical (unpaired) electrons. The second-order valence-corrected chi connectivity index (χ2v) is 11.8. The van der Waals surface area contributed by atoms with Gasteiger partial charge in [-0.1, -0.05) is 23.5 Å². The zero-order valence-electron chi connectivity index (χ0n) is 21.6. The van der Waals surface area contributed by atoms with Crippen LogP contribution in [0.4, 0.5) is 5.13 Å². The van der Waals surface area contributed by atoms with Crippen molar-refractivity contribution >= 4 is 38.0 Å². The summed E-state index contributed by atoms with van der Waals surface area (Å²) in [6.45, 7) is 5.20. The number of ether oxygens (including phenoxy) is 3. The summed E-state index contributed by atoms with van der Waals surface area (Å²) in [5.41, 5.74) is 0.793. The van der Waals surface area contributed by atoms with Crippen LogP contribution in [0.25, 0.3) is 0 Å². The number of hydrogen-bond donors (Lipinski definition) is 1. The Kier molecular flexibility index (Phi) is 8.32. The van der Waals surface area contributed by atoms with Crippen LogP contribution in [0.15, 0.2) is 77.8 Å². The SMILES string of the molecule is CC(=O)c1cccc(Oc2cnc(NC(=O)c3cc(Oc4ccc(S(C)(=O)=O)cc4)cc(OC(C)C)c3)s2)c1. The molecule has 1 amide bonds. The van der Waals surface area contributed by atoms with Crippen LogP contribution in [-0.2, 0) is 9.84 Å². The van der Waals surface area contributed by atoms with E-state index in [2.05, 4.69) is 10.3 Å². The number of benzene rings is 3. The van der Waals surface area contributed by atoms with Crippen molar-refractivity contribution in [3.8, 4) is 28.1 Å². The number of amides is 1. The number of aromatic nitrogens is 1. The van der Waals surface area contributed by atoms with Gasteiger partial charge in [-0.15, -0.1) is 0 Å². The number of hydrogen-bond acceptors (Lipinski definition) is 9. The van der Waals surface area contributed by atoms with Crippen LogP contribution in [0.1, 0.15) is 41.5 Å². The summed E-state index contributed by atoms with van der Waals surface area (Å²) < 4.78 is 40.9. The van der Waals surface area contributed by atoms with Gasteiger partial charge in [0.25, 0.3) is 5.91 Å². The Labute approximate surface area is 230 Å². The van der Waals surface area contributed by atoms with Gasteiger partial charge in [-0.25, -0.2) is 13.4 Å². The highest BCUT2D eigenvalue weighted by atomic mass is 32.2. The molecule has 1 N–H and O–H groups in total. The second kappa shape index (κ2) is 11.7. The van der Waals surface area contributed by atoms with E-state index in [1.165, 1.54) is 37.4 Å². The third-order valence-corrected chi connectivity index (χ3v) is 7.08. The summed E-state index contributed by atoms with van der Waals surface area (Å²) in [4.78, 5) is 29.1. The zero-order chi connectivity index (χ0) is 28.2. The van der Waals surface area contributed by atoms with Crippen LogP contribution in [0.3, 0.4) is 0 Å². The summed E-state index contributed by atoms with van der Waals surface area (Å²) in [6, 6.07) is 17.5. The minimum absolute atomic E-state index is 0.0735. The third-order valence-electron chi connectivity index (χ3n) is 5.17. The van der Waals surface area contributed by atoms with Crippen molar-refractivity contribution in [2.24, 2.45) is 0 Å². The molecule has 0 bridgehead atoms. The van der Waals surface area contributed by atoms with Crippen LogP contribution in [0.5, 0.6) is 28.1 Å². The van der Waals surface area contributed by atoms with Crippen LogP contribution in [0, 0.1) is 0 Å². The smallest absolute Gasteiger partial charge is 0.257 e. The molecule has 0 saturated carbocycles. The van der Waals surface area contributed by atoms with Crippen molar-refractivity contribution in [3.05, 3.63) is 84.1 Å². The highest BCUT2D eigenvalue weighted by Crippen LogP contribution is 2.32. The number of thiazole rings is 1. The van der Waals surface area contributed by atoms with E-state index in [9.17, 15) is 18.0 Å². The fourth-order valence-electron chi connectivity index (χ4n) is 3.42. The molecule has 0 aliphatic carbocycles. The van der Waals surface area contributed by atoms with Crippen LogP contribution < -0.4 is 19.5 Å². The molecule has 11 heteroatoms. The summed E-state index contributed by atoms with van der Waals surface area (Å²) in [5.74, 6) is 1.12. The first kappa shape index (κ1) is 27.8. The summed E-state index contributed by atoms with van der Waals surface area (Å²) in [5, 5.41) is 3.49. The van der Waals surface area contributed by atoms with E-state index in [4.69, 9.17) is 14.2 Å². The molecule has 4 aromatic rings. The fourth-order valence-corrected chi connectivity index (χ4v) is 4.73. The first-order valence-electron chi connectivity index (χ1n) is 11.8. The van der Waals surface area contributed by atoms with Crippen LogP contribution in [-0.4, -0.2) is 37.5 Å². The van der Waals surface area contributed by atoms with E-state index in [0.29, 0.717) is 38.8 Å². The molecule has 0 unspecified atom stereocenters. The molecule has 0 saturated heterocycles. The molecule has 0 fully saturated rings. The first-order chi connectivity index (χ1) is 18.5. The molecule has 0 spiro atoms. The summed E-state index contributed by atoms with van der Waals surface area (Å²) >= 11 is 1.13. The molecule has 0 atom stereocenters. The Bertz CT molecular complexity index is 1610. The Balaban J connectivity index is 1.51. The number of Topliss-reactive ketones (excluding diaryl/α,β-unsaturated/α-hetero) is 1. The van der Waals surface area contributed by atoms with Gasteiger partial charge in [-0.2, -0.15) is 0 Å². The molecule has 0 aliphatic rings. The zero-order valence-corrected chi connectivity index (χ0v) is 23.3. The number of rotatable bonds is 10. The van der Waals surface area contributed by atoms with Gasteiger partial charge < -0.3 is 14.2 Å². The molecular formula is C28H26N2O7S2. The van der Waals surface area contributed by atoms with E-state index in [1.807, 2.05) is 13.8 Å². The lowest BCUT2D eigenvalue weighted by molar-refractivity contribution is 0.101. The molecule has 202 valence electrons. The minimum atomic E-state index is -3.34. The van der Waals surface area contributed by atoms with Gasteiger partial charge in [0, 0.05) is 23.4 Å². The molecule has 4 rings (SSSR count). The molecule has 9 nitrogen and oxygen atoms in total. The standard InChI is InChI=1S/C28H26N2O7S2/c1-17(2)35-23-13-20(14-24(15-23)36-21-8-10-25(11-9-21)39(4,33)34)27(32)30-28-29-16-26(38-28)37-22-7-5-6-19(12-22)18(3)31/h5-17H,1-4H3,(H,29,30,32). The maximum atomic E-state index is 13.1. The minimum Gasteiger partial charge on any atom is -0.491 e. The van der Waals surface area contributed by atoms with E-state index < -0.39 is 15.7 Å². The predicted molar refractivity (Wildman–Crippen MR) is 148 cm³/mol. The van der Waals surface area contributed by atoms with Gasteiger partial charge in [-0.3, -0.25) is 14.9 Å². The Hall–Kier alpha value is -4.22. The van der Waals surface area contributed by atoms with Crippen molar-refractivity contribution in [2.75, 3.05) is 11.6 Å². The van der Waals surface area contributed by atoms with Crippen molar-refractivity contribution in [1.82, 2.24) is 4.98 Å². The number of ketones is 1. The Morgan fingerprint density at radius 2 is 1.56 bits per heavy atom. The quantitative estimate of drug-likeness (QED) is 0.220. The maximum absolute atomic E-state index is 13.1. The monoisotopic (exact) mass is 566 g/mol. The Morgan fingerprint density at radius 3 is 2.23 bits per heavy atom. The Morgan fingerprint density at radius 1 is 0.872 bits per heavy atom. The van der Waals surface area contributed by atoms with Crippen LogP contribution in [0.2, 0.25) is 0 Å². The van der Waals surface area contributed by atoms with Crippen molar-refractivity contribution < 1.29 is 32.2 Å². The average molecular weight is 567 g/mol. The van der Waals surface area contributed by atoms with Gasteiger partial charge in [0.15, 0.2) is 20.8 Å². The normalized spacial score (nSPS) is 11.2. The number of sulfone groups is 1.